The number of benzene rings is 1. The number of fused-ring (bicyclic) bond motifs is 1. The highest BCUT2D eigenvalue weighted by Gasteiger charge is 2.26. The van der Waals surface area contributed by atoms with Gasteiger partial charge in [0.05, 0.1) is 17.3 Å². The summed E-state index contributed by atoms with van der Waals surface area (Å²) in [6.45, 7) is 3.72. The maximum atomic E-state index is 12.6. The van der Waals surface area contributed by atoms with Crippen LogP contribution in [0.2, 0.25) is 0 Å². The zero-order valence-electron chi connectivity index (χ0n) is 13.4. The van der Waals surface area contributed by atoms with Crippen LogP contribution in [0.15, 0.2) is 53.4 Å². The van der Waals surface area contributed by atoms with E-state index in [0.717, 1.165) is 11.0 Å². The number of carbonyl (C=O) groups excluding carboxylic acids is 2. The van der Waals surface area contributed by atoms with Gasteiger partial charge in [-0.3, -0.25) is 15.0 Å². The number of carbonyl (C=O) groups is 2. The highest BCUT2D eigenvalue weighted by molar-refractivity contribution is 5.98. The lowest BCUT2D eigenvalue weighted by molar-refractivity contribution is -0.119. The van der Waals surface area contributed by atoms with Crippen molar-refractivity contribution in [3.05, 3.63) is 54.7 Å². The van der Waals surface area contributed by atoms with Crippen molar-refractivity contribution in [3.63, 3.8) is 0 Å². The lowest BCUT2D eigenvalue weighted by Gasteiger charge is -2.21. The average molecular weight is 326 g/mol. The summed E-state index contributed by atoms with van der Waals surface area (Å²) in [5.74, 6) is -0.683. The minimum Gasteiger partial charge on any atom is -0.459 e. The van der Waals surface area contributed by atoms with E-state index in [1.807, 2.05) is 38.1 Å². The summed E-state index contributed by atoms with van der Waals surface area (Å²) >= 11 is 0. The highest BCUT2D eigenvalue weighted by Crippen LogP contribution is 2.11. The fourth-order valence-corrected chi connectivity index (χ4v) is 2.39. The van der Waals surface area contributed by atoms with Crippen molar-refractivity contribution < 1.29 is 14.0 Å². The van der Waals surface area contributed by atoms with Gasteiger partial charge < -0.3 is 9.73 Å². The minimum atomic E-state index is -0.705. The van der Waals surface area contributed by atoms with Crippen LogP contribution >= 0.6 is 0 Å². The van der Waals surface area contributed by atoms with Gasteiger partial charge in [-0.1, -0.05) is 26.0 Å². The topological polar surface area (TPSA) is 89.2 Å². The van der Waals surface area contributed by atoms with Gasteiger partial charge in [-0.2, -0.15) is 0 Å². The summed E-state index contributed by atoms with van der Waals surface area (Å²) in [5.41, 5.74) is 4.33. The number of hydrogen-bond acceptors (Lipinski definition) is 4. The predicted molar refractivity (Wildman–Crippen MR) is 88.9 cm³/mol. The number of amides is 2. The van der Waals surface area contributed by atoms with Gasteiger partial charge in [0.2, 0.25) is 0 Å². The highest BCUT2D eigenvalue weighted by atomic mass is 16.3. The number of aromatic nitrogens is 2. The average Bonchev–Trinajstić information content (AvgIpc) is 3.22. The first-order valence-electron chi connectivity index (χ1n) is 7.63. The van der Waals surface area contributed by atoms with Crippen LogP contribution in [0.1, 0.15) is 24.4 Å². The van der Waals surface area contributed by atoms with Crippen molar-refractivity contribution in [3.8, 4) is 0 Å². The molecule has 0 saturated heterocycles. The molecule has 7 heteroatoms. The summed E-state index contributed by atoms with van der Waals surface area (Å²) < 4.78 is 6.61. The van der Waals surface area contributed by atoms with Crippen LogP contribution in [0.4, 0.5) is 0 Å². The van der Waals surface area contributed by atoms with Gasteiger partial charge in [-0.25, -0.2) is 9.66 Å². The molecule has 1 atom stereocenters. The number of rotatable bonds is 5. The molecule has 2 N–H and O–H groups in total. The molecule has 3 rings (SSSR count). The third-order valence-corrected chi connectivity index (χ3v) is 3.66. The quantitative estimate of drug-likeness (QED) is 0.752. The number of nitrogens with zero attached hydrogens (tertiary/aromatic N) is 2. The Morgan fingerprint density at radius 1 is 1.17 bits per heavy atom. The second kappa shape index (κ2) is 6.57. The summed E-state index contributed by atoms with van der Waals surface area (Å²) in [6, 6.07) is 9.92. The molecule has 124 valence electrons. The number of imidazole rings is 1. The third-order valence-electron chi connectivity index (χ3n) is 3.66. The number of nitrogens with one attached hydrogen (secondary N) is 2. The first-order chi connectivity index (χ1) is 11.6. The van der Waals surface area contributed by atoms with Crippen LogP contribution < -0.4 is 10.7 Å². The minimum absolute atomic E-state index is 0.0984. The molecule has 1 unspecified atom stereocenters. The molecular weight excluding hydrogens is 308 g/mol. The normalized spacial score (nSPS) is 12.3. The van der Waals surface area contributed by atoms with Crippen molar-refractivity contribution in [2.45, 2.75) is 19.9 Å². The zero-order valence-corrected chi connectivity index (χ0v) is 13.4. The van der Waals surface area contributed by atoms with E-state index < -0.39 is 11.9 Å². The third kappa shape index (κ3) is 3.15. The van der Waals surface area contributed by atoms with Gasteiger partial charge in [0.25, 0.3) is 11.8 Å². The Morgan fingerprint density at radius 3 is 2.67 bits per heavy atom. The SMILES string of the molecule is CC(C)C(NC(=O)c1ccco1)C(=O)Nn1cnc2ccccc21. The summed E-state index contributed by atoms with van der Waals surface area (Å²) in [6.07, 6.45) is 2.95. The van der Waals surface area contributed by atoms with E-state index in [2.05, 4.69) is 15.7 Å². The number of furan rings is 1. The molecule has 2 aromatic heterocycles. The largest absolute Gasteiger partial charge is 0.459 e. The Kier molecular flexibility index (Phi) is 4.33. The molecule has 0 spiro atoms. The first kappa shape index (κ1) is 15.8. The van der Waals surface area contributed by atoms with E-state index >= 15 is 0 Å². The fourth-order valence-electron chi connectivity index (χ4n) is 2.39. The van der Waals surface area contributed by atoms with Crippen LogP contribution in [0, 0.1) is 5.92 Å². The fraction of sp³-hybridized carbons (Fsp3) is 0.235. The first-order valence-corrected chi connectivity index (χ1v) is 7.63. The second-order valence-corrected chi connectivity index (χ2v) is 5.75. The second-order valence-electron chi connectivity index (χ2n) is 5.75. The number of hydrogen-bond donors (Lipinski definition) is 2. The standard InChI is InChI=1S/C17H18N4O3/c1-11(2)15(19-16(22)14-8-5-9-24-14)17(23)20-21-10-18-12-6-3-4-7-13(12)21/h3-11,15H,1-2H3,(H,19,22)(H,20,23). The Labute approximate surface area is 138 Å². The molecule has 0 radical (unpaired) electrons. The smallest absolute Gasteiger partial charge is 0.287 e. The molecule has 2 amide bonds. The lowest BCUT2D eigenvalue weighted by Crippen LogP contribution is -2.48. The van der Waals surface area contributed by atoms with Crippen molar-refractivity contribution in [2.75, 3.05) is 5.43 Å². The molecule has 0 aliphatic carbocycles. The van der Waals surface area contributed by atoms with Gasteiger partial charge in [-0.05, 0) is 30.2 Å². The van der Waals surface area contributed by atoms with Crippen molar-refractivity contribution in [1.82, 2.24) is 15.0 Å². The Morgan fingerprint density at radius 2 is 1.96 bits per heavy atom. The van der Waals surface area contributed by atoms with Gasteiger partial charge in [0.15, 0.2) is 5.76 Å². The van der Waals surface area contributed by atoms with E-state index in [9.17, 15) is 9.59 Å². The van der Waals surface area contributed by atoms with E-state index in [0.29, 0.717) is 0 Å². The molecule has 3 aromatic rings. The zero-order chi connectivity index (χ0) is 17.1. The van der Waals surface area contributed by atoms with E-state index in [4.69, 9.17) is 4.42 Å². The molecule has 0 fully saturated rings. The molecule has 0 aliphatic heterocycles. The predicted octanol–water partition coefficient (Wildman–Crippen LogP) is 2.15. The van der Waals surface area contributed by atoms with Crippen LogP contribution in [0.5, 0.6) is 0 Å². The summed E-state index contributed by atoms with van der Waals surface area (Å²) in [4.78, 5) is 29.0. The van der Waals surface area contributed by atoms with Crippen molar-refractivity contribution in [2.24, 2.45) is 5.92 Å². The van der Waals surface area contributed by atoms with Gasteiger partial charge in [-0.15, -0.1) is 0 Å². The molecule has 2 heterocycles. The van der Waals surface area contributed by atoms with Crippen LogP contribution in [-0.2, 0) is 4.79 Å². The molecule has 7 nitrogen and oxygen atoms in total. The van der Waals surface area contributed by atoms with Gasteiger partial charge in [0, 0.05) is 0 Å². The van der Waals surface area contributed by atoms with E-state index in [1.54, 1.807) is 16.8 Å². The lowest BCUT2D eigenvalue weighted by atomic mass is 10.0. The Balaban J connectivity index is 1.76. The van der Waals surface area contributed by atoms with Gasteiger partial charge >= 0.3 is 0 Å². The number of para-hydroxylation sites is 2. The molecule has 1 aromatic carbocycles. The Hall–Kier alpha value is -3.09. The molecular formula is C17H18N4O3. The van der Waals surface area contributed by atoms with Crippen LogP contribution in [0.25, 0.3) is 11.0 Å². The van der Waals surface area contributed by atoms with Crippen LogP contribution in [0.3, 0.4) is 0 Å². The maximum absolute atomic E-state index is 12.6. The monoisotopic (exact) mass is 326 g/mol. The molecule has 0 aliphatic rings. The molecule has 0 saturated carbocycles. The summed E-state index contributed by atoms with van der Waals surface area (Å²) in [7, 11) is 0. The molecule has 24 heavy (non-hydrogen) atoms. The van der Waals surface area contributed by atoms with Crippen molar-refractivity contribution >= 4 is 22.8 Å². The van der Waals surface area contributed by atoms with E-state index in [1.165, 1.54) is 12.6 Å². The van der Waals surface area contributed by atoms with Crippen LogP contribution in [-0.4, -0.2) is 27.5 Å². The maximum Gasteiger partial charge on any atom is 0.287 e. The van der Waals surface area contributed by atoms with E-state index in [-0.39, 0.29) is 17.6 Å². The van der Waals surface area contributed by atoms with Gasteiger partial charge in [0.1, 0.15) is 12.4 Å². The molecule has 0 bridgehead atoms. The van der Waals surface area contributed by atoms with Crippen molar-refractivity contribution in [1.29, 1.82) is 0 Å². The summed E-state index contributed by atoms with van der Waals surface area (Å²) in [5, 5.41) is 2.70. The Bertz CT molecular complexity index is 852.